The van der Waals surface area contributed by atoms with Crippen LogP contribution in [0.5, 0.6) is 0 Å². The van der Waals surface area contributed by atoms with E-state index in [1.807, 2.05) is 24.3 Å². The van der Waals surface area contributed by atoms with Crippen LogP contribution in [0.1, 0.15) is 22.3 Å². The first-order chi connectivity index (χ1) is 12.2. The van der Waals surface area contributed by atoms with Crippen LogP contribution in [0.3, 0.4) is 0 Å². The number of aromatic nitrogens is 1. The van der Waals surface area contributed by atoms with E-state index >= 15 is 0 Å². The lowest BCUT2D eigenvalue weighted by atomic mass is 10.2. The van der Waals surface area contributed by atoms with E-state index in [-0.39, 0.29) is 5.97 Å². The molecule has 0 unspecified atom stereocenters. The average molecular weight is 349 g/mol. The van der Waals surface area contributed by atoms with Crippen LogP contribution in [-0.4, -0.2) is 17.6 Å². The number of esters is 1. The molecule has 1 N–H and O–H groups in total. The summed E-state index contributed by atoms with van der Waals surface area (Å²) in [6.07, 6.45) is 1.62. The van der Waals surface area contributed by atoms with Crippen LogP contribution >= 0.6 is 11.3 Å². The fourth-order valence-electron chi connectivity index (χ4n) is 2.20. The van der Waals surface area contributed by atoms with Gasteiger partial charge in [-0.3, -0.25) is 0 Å². The first kappa shape index (κ1) is 16.7. The molecule has 3 rings (SSSR count). The zero-order chi connectivity index (χ0) is 17.6. The van der Waals surface area contributed by atoms with E-state index in [2.05, 4.69) is 16.4 Å². The number of anilines is 1. The van der Waals surface area contributed by atoms with Crippen molar-refractivity contribution < 1.29 is 9.53 Å². The van der Waals surface area contributed by atoms with Crippen LogP contribution in [0.2, 0.25) is 0 Å². The average Bonchev–Trinajstić information content (AvgIpc) is 3.07. The standard InChI is InChI=1S/C19H15N3O2S/c1-2-24-19(23)13-7-9-15(10-8-13)21-12-14(11-20)18-22-16-5-3-4-6-17(16)25-18/h3-10,12,21H,2H2,1H3. The third kappa shape index (κ3) is 3.84. The molecule has 0 fully saturated rings. The van der Waals surface area contributed by atoms with Crippen molar-refractivity contribution in [1.82, 2.24) is 4.98 Å². The van der Waals surface area contributed by atoms with Gasteiger partial charge in [0.05, 0.1) is 22.4 Å². The Bertz CT molecular complexity index is 935. The number of nitrogens with one attached hydrogen (secondary N) is 1. The van der Waals surface area contributed by atoms with E-state index in [9.17, 15) is 10.1 Å². The predicted molar refractivity (Wildman–Crippen MR) is 99.2 cm³/mol. The molecule has 3 aromatic rings. The van der Waals surface area contributed by atoms with Gasteiger partial charge in [-0.05, 0) is 43.3 Å². The van der Waals surface area contributed by atoms with Gasteiger partial charge in [-0.2, -0.15) is 5.26 Å². The Labute approximate surface area is 149 Å². The summed E-state index contributed by atoms with van der Waals surface area (Å²) in [4.78, 5) is 16.1. The molecule has 0 radical (unpaired) electrons. The van der Waals surface area contributed by atoms with Gasteiger partial charge in [0.25, 0.3) is 0 Å². The van der Waals surface area contributed by atoms with E-state index in [1.165, 1.54) is 11.3 Å². The number of benzene rings is 2. The highest BCUT2D eigenvalue weighted by atomic mass is 32.1. The summed E-state index contributed by atoms with van der Waals surface area (Å²) in [7, 11) is 0. The summed E-state index contributed by atoms with van der Waals surface area (Å²) < 4.78 is 5.99. The van der Waals surface area contributed by atoms with Gasteiger partial charge in [0, 0.05) is 11.9 Å². The zero-order valence-electron chi connectivity index (χ0n) is 13.5. The van der Waals surface area contributed by atoms with Gasteiger partial charge < -0.3 is 10.1 Å². The van der Waals surface area contributed by atoms with Crippen LogP contribution in [0.15, 0.2) is 54.7 Å². The second-order valence-electron chi connectivity index (χ2n) is 5.10. The first-order valence-electron chi connectivity index (χ1n) is 7.71. The second kappa shape index (κ2) is 7.60. The number of hydrogen-bond acceptors (Lipinski definition) is 6. The van der Waals surface area contributed by atoms with Crippen LogP contribution in [0, 0.1) is 11.3 Å². The zero-order valence-corrected chi connectivity index (χ0v) is 14.3. The molecule has 0 aliphatic carbocycles. The van der Waals surface area contributed by atoms with E-state index < -0.39 is 0 Å². The Hall–Kier alpha value is -3.17. The minimum absolute atomic E-state index is 0.343. The molecule has 0 saturated carbocycles. The maximum absolute atomic E-state index is 11.6. The number of allylic oxidation sites excluding steroid dienone is 1. The largest absolute Gasteiger partial charge is 0.462 e. The monoisotopic (exact) mass is 349 g/mol. The molecule has 5 nitrogen and oxygen atoms in total. The minimum atomic E-state index is -0.350. The Morgan fingerprint density at radius 3 is 2.72 bits per heavy atom. The van der Waals surface area contributed by atoms with Crippen LogP contribution in [0.25, 0.3) is 15.8 Å². The Morgan fingerprint density at radius 2 is 2.04 bits per heavy atom. The molecule has 0 aliphatic rings. The van der Waals surface area contributed by atoms with Gasteiger partial charge in [0.1, 0.15) is 16.6 Å². The summed E-state index contributed by atoms with van der Waals surface area (Å²) in [6, 6.07) is 16.8. The smallest absolute Gasteiger partial charge is 0.338 e. The second-order valence-corrected chi connectivity index (χ2v) is 6.13. The minimum Gasteiger partial charge on any atom is -0.462 e. The third-order valence-corrected chi connectivity index (χ3v) is 4.49. The summed E-state index contributed by atoms with van der Waals surface area (Å²) in [5.74, 6) is -0.350. The maximum Gasteiger partial charge on any atom is 0.338 e. The van der Waals surface area contributed by atoms with Crippen molar-refractivity contribution in [2.45, 2.75) is 6.92 Å². The van der Waals surface area contributed by atoms with Gasteiger partial charge in [-0.15, -0.1) is 11.3 Å². The number of para-hydroxylation sites is 1. The van der Waals surface area contributed by atoms with Crippen molar-refractivity contribution in [1.29, 1.82) is 5.26 Å². The van der Waals surface area contributed by atoms with E-state index in [0.29, 0.717) is 22.8 Å². The molecule has 0 aliphatic heterocycles. The number of nitrogens with zero attached hydrogens (tertiary/aromatic N) is 2. The molecule has 0 bridgehead atoms. The van der Waals surface area contributed by atoms with Gasteiger partial charge in [-0.1, -0.05) is 12.1 Å². The lowest BCUT2D eigenvalue weighted by Gasteiger charge is -2.04. The lowest BCUT2D eigenvalue weighted by molar-refractivity contribution is 0.0526. The number of thiazole rings is 1. The molecule has 1 aromatic heterocycles. The maximum atomic E-state index is 11.6. The highest BCUT2D eigenvalue weighted by Crippen LogP contribution is 2.26. The third-order valence-electron chi connectivity index (χ3n) is 3.42. The normalized spacial score (nSPS) is 11.1. The first-order valence-corrected chi connectivity index (χ1v) is 8.53. The van der Waals surface area contributed by atoms with E-state index in [0.717, 1.165) is 15.9 Å². The number of carbonyl (C=O) groups excluding carboxylic acids is 1. The Morgan fingerprint density at radius 1 is 1.28 bits per heavy atom. The number of carbonyl (C=O) groups is 1. The van der Waals surface area contributed by atoms with Gasteiger partial charge in [0.2, 0.25) is 0 Å². The SMILES string of the molecule is CCOC(=O)c1ccc(NC=C(C#N)c2nc3ccccc3s2)cc1. The van der Waals surface area contributed by atoms with Gasteiger partial charge in [-0.25, -0.2) is 9.78 Å². The molecule has 0 spiro atoms. The molecule has 1 heterocycles. The van der Waals surface area contributed by atoms with Gasteiger partial charge >= 0.3 is 5.97 Å². The van der Waals surface area contributed by atoms with Crippen molar-refractivity contribution in [2.75, 3.05) is 11.9 Å². The number of nitriles is 1. The number of rotatable bonds is 5. The molecule has 0 amide bonds. The quantitative estimate of drug-likeness (QED) is 0.544. The number of hydrogen-bond donors (Lipinski definition) is 1. The summed E-state index contributed by atoms with van der Waals surface area (Å²) in [6.45, 7) is 2.11. The van der Waals surface area contributed by atoms with Crippen molar-refractivity contribution in [3.05, 3.63) is 65.3 Å². The summed E-state index contributed by atoms with van der Waals surface area (Å²) in [5, 5.41) is 13.1. The fraction of sp³-hybridized carbons (Fsp3) is 0.105. The summed E-state index contributed by atoms with van der Waals surface area (Å²) >= 11 is 1.47. The van der Waals surface area contributed by atoms with Crippen LogP contribution in [-0.2, 0) is 4.74 Å². The molecule has 6 heteroatoms. The van der Waals surface area contributed by atoms with Crippen molar-refractivity contribution in [3.8, 4) is 6.07 Å². The molecule has 0 atom stereocenters. The molecule has 2 aromatic carbocycles. The van der Waals surface area contributed by atoms with Crippen LogP contribution < -0.4 is 5.32 Å². The highest BCUT2D eigenvalue weighted by molar-refractivity contribution is 7.19. The molecular formula is C19H15N3O2S. The molecule has 124 valence electrons. The highest BCUT2D eigenvalue weighted by Gasteiger charge is 2.09. The van der Waals surface area contributed by atoms with Crippen LogP contribution in [0.4, 0.5) is 5.69 Å². The van der Waals surface area contributed by atoms with Crippen molar-refractivity contribution >= 4 is 38.8 Å². The predicted octanol–water partition coefficient (Wildman–Crippen LogP) is 4.45. The molecule has 25 heavy (non-hydrogen) atoms. The summed E-state index contributed by atoms with van der Waals surface area (Å²) in [5.41, 5.74) is 2.59. The molecule has 0 saturated heterocycles. The Balaban J connectivity index is 1.77. The van der Waals surface area contributed by atoms with Crippen molar-refractivity contribution in [3.63, 3.8) is 0 Å². The van der Waals surface area contributed by atoms with Crippen molar-refractivity contribution in [2.24, 2.45) is 0 Å². The Kier molecular flexibility index (Phi) is 5.07. The van der Waals surface area contributed by atoms with E-state index in [4.69, 9.17) is 4.74 Å². The lowest BCUT2D eigenvalue weighted by Crippen LogP contribution is -2.04. The number of fused-ring (bicyclic) bond motifs is 1. The number of ether oxygens (including phenoxy) is 1. The van der Waals surface area contributed by atoms with E-state index in [1.54, 1.807) is 37.4 Å². The van der Waals surface area contributed by atoms with Gasteiger partial charge in [0.15, 0.2) is 0 Å². The molecular weight excluding hydrogens is 334 g/mol. The fourth-order valence-corrected chi connectivity index (χ4v) is 3.13. The topological polar surface area (TPSA) is 75.0 Å².